The Morgan fingerprint density at radius 2 is 0.786 bits per heavy atom. The first kappa shape index (κ1) is 13.6. The standard InChI is InChI=1S/C12H10.Cu.Li/c1-3-7-11(8-4-1)12-9-5-2-6-10-12;;/h1-10H;;/q;2*+1. The van der Waals surface area contributed by atoms with Crippen LogP contribution in [0, 0.1) is 0 Å². The van der Waals surface area contributed by atoms with Crippen LogP contribution in [0.25, 0.3) is 11.1 Å². The van der Waals surface area contributed by atoms with E-state index in [9.17, 15) is 0 Å². The summed E-state index contributed by atoms with van der Waals surface area (Å²) in [4.78, 5) is 0. The topological polar surface area (TPSA) is 0 Å². The zero-order valence-corrected chi connectivity index (χ0v) is 9.02. The molecule has 2 heteroatoms. The van der Waals surface area contributed by atoms with Gasteiger partial charge in [0.25, 0.3) is 0 Å². The minimum Gasteiger partial charge on any atom is -0.0622 e. The molecule has 0 aliphatic heterocycles. The first-order chi connectivity index (χ1) is 5.97. The van der Waals surface area contributed by atoms with Gasteiger partial charge in [0.2, 0.25) is 0 Å². The minimum absolute atomic E-state index is 0. The minimum atomic E-state index is 0. The Bertz CT molecular complexity index is 308. The molecule has 2 aromatic carbocycles. The van der Waals surface area contributed by atoms with Crippen LogP contribution in [0.3, 0.4) is 0 Å². The molecule has 0 heterocycles. The number of hydrogen-bond donors (Lipinski definition) is 0. The van der Waals surface area contributed by atoms with Crippen LogP contribution in [0.15, 0.2) is 60.7 Å². The van der Waals surface area contributed by atoms with Crippen molar-refractivity contribution >= 4 is 0 Å². The molecule has 0 aromatic heterocycles. The molecule has 0 fully saturated rings. The molecular formula is C12H10CuLi+2. The smallest absolute Gasteiger partial charge is 0.0622 e. The first-order valence-corrected chi connectivity index (χ1v) is 4.07. The van der Waals surface area contributed by atoms with Crippen LogP contribution in [-0.2, 0) is 17.1 Å². The van der Waals surface area contributed by atoms with Crippen molar-refractivity contribution in [1.82, 2.24) is 0 Å². The summed E-state index contributed by atoms with van der Waals surface area (Å²) in [6.45, 7) is 0. The fourth-order valence-corrected chi connectivity index (χ4v) is 1.26. The van der Waals surface area contributed by atoms with E-state index in [0.717, 1.165) is 0 Å². The third-order valence-corrected chi connectivity index (χ3v) is 1.88. The number of rotatable bonds is 1. The van der Waals surface area contributed by atoms with Crippen molar-refractivity contribution in [1.29, 1.82) is 0 Å². The van der Waals surface area contributed by atoms with Crippen molar-refractivity contribution in [2.75, 3.05) is 0 Å². The molecule has 0 N–H and O–H groups in total. The summed E-state index contributed by atoms with van der Waals surface area (Å²) in [5, 5.41) is 0. The van der Waals surface area contributed by atoms with Crippen LogP contribution in [0.5, 0.6) is 0 Å². The van der Waals surface area contributed by atoms with E-state index in [0.29, 0.717) is 0 Å². The van der Waals surface area contributed by atoms with E-state index < -0.39 is 0 Å². The van der Waals surface area contributed by atoms with Crippen LogP contribution >= 0.6 is 0 Å². The molecule has 68 valence electrons. The maximum absolute atomic E-state index is 2.12. The largest absolute Gasteiger partial charge is 1.00 e. The summed E-state index contributed by atoms with van der Waals surface area (Å²) in [5.74, 6) is 0. The van der Waals surface area contributed by atoms with Crippen molar-refractivity contribution in [3.8, 4) is 11.1 Å². The average molecular weight is 225 g/mol. The van der Waals surface area contributed by atoms with Crippen LogP contribution < -0.4 is 18.9 Å². The van der Waals surface area contributed by atoms with Crippen LogP contribution in [-0.4, -0.2) is 0 Å². The maximum atomic E-state index is 2.12. The SMILES string of the molecule is [Cu+].[Li+].c1ccc(-c2ccccc2)cc1. The second-order valence-corrected chi connectivity index (χ2v) is 2.73. The van der Waals surface area contributed by atoms with Gasteiger partial charge in [-0.25, -0.2) is 0 Å². The summed E-state index contributed by atoms with van der Waals surface area (Å²) < 4.78 is 0. The zero-order valence-electron chi connectivity index (χ0n) is 8.08. The predicted octanol–water partition coefficient (Wildman–Crippen LogP) is 0.355. The zero-order chi connectivity index (χ0) is 8.23. The van der Waals surface area contributed by atoms with Gasteiger partial charge in [0.15, 0.2) is 0 Å². The molecule has 0 unspecified atom stereocenters. The van der Waals surface area contributed by atoms with Crippen molar-refractivity contribution in [2.45, 2.75) is 0 Å². The van der Waals surface area contributed by atoms with Gasteiger partial charge in [0, 0.05) is 0 Å². The van der Waals surface area contributed by atoms with Gasteiger partial charge in [-0.2, -0.15) is 0 Å². The van der Waals surface area contributed by atoms with Gasteiger partial charge in [0.05, 0.1) is 0 Å². The van der Waals surface area contributed by atoms with Crippen molar-refractivity contribution < 1.29 is 35.9 Å². The fourth-order valence-electron chi connectivity index (χ4n) is 1.26. The summed E-state index contributed by atoms with van der Waals surface area (Å²) >= 11 is 0. The fraction of sp³-hybridized carbons (Fsp3) is 0. The van der Waals surface area contributed by atoms with Crippen LogP contribution in [0.1, 0.15) is 0 Å². The molecule has 0 radical (unpaired) electrons. The van der Waals surface area contributed by atoms with Gasteiger partial charge < -0.3 is 0 Å². The predicted molar refractivity (Wildman–Crippen MR) is 51.9 cm³/mol. The van der Waals surface area contributed by atoms with E-state index >= 15 is 0 Å². The van der Waals surface area contributed by atoms with Crippen molar-refractivity contribution in [3.63, 3.8) is 0 Å². The Balaban J connectivity index is 0.000000845. The van der Waals surface area contributed by atoms with E-state index in [4.69, 9.17) is 0 Å². The molecule has 0 aliphatic carbocycles. The first-order valence-electron chi connectivity index (χ1n) is 4.07. The van der Waals surface area contributed by atoms with E-state index in [1.807, 2.05) is 12.1 Å². The molecule has 0 spiro atoms. The van der Waals surface area contributed by atoms with Crippen molar-refractivity contribution in [2.24, 2.45) is 0 Å². The van der Waals surface area contributed by atoms with Gasteiger partial charge in [0.1, 0.15) is 0 Å². The monoisotopic (exact) mass is 224 g/mol. The molecule has 0 aliphatic rings. The van der Waals surface area contributed by atoms with Gasteiger partial charge in [-0.15, -0.1) is 0 Å². The summed E-state index contributed by atoms with van der Waals surface area (Å²) in [6.07, 6.45) is 0. The molecule has 0 saturated carbocycles. The van der Waals surface area contributed by atoms with Crippen LogP contribution in [0.2, 0.25) is 0 Å². The van der Waals surface area contributed by atoms with Gasteiger partial charge in [-0.1, -0.05) is 60.7 Å². The average Bonchev–Trinajstić information content (AvgIpc) is 2.21. The Labute approximate surface area is 107 Å². The van der Waals surface area contributed by atoms with E-state index in [1.165, 1.54) is 11.1 Å². The molecule has 0 atom stereocenters. The van der Waals surface area contributed by atoms with Gasteiger partial charge >= 0.3 is 35.9 Å². The Kier molecular flexibility index (Phi) is 6.71. The Morgan fingerprint density at radius 3 is 1.07 bits per heavy atom. The van der Waals surface area contributed by atoms with Gasteiger partial charge in [-0.05, 0) is 11.1 Å². The second-order valence-electron chi connectivity index (χ2n) is 2.73. The number of benzene rings is 2. The third kappa shape index (κ3) is 3.37. The van der Waals surface area contributed by atoms with Crippen LogP contribution in [0.4, 0.5) is 0 Å². The molecular weight excluding hydrogens is 215 g/mol. The molecule has 0 amide bonds. The summed E-state index contributed by atoms with van der Waals surface area (Å²) in [7, 11) is 0. The molecule has 2 aromatic rings. The molecule has 2 rings (SSSR count). The van der Waals surface area contributed by atoms with E-state index in [1.54, 1.807) is 0 Å². The number of hydrogen-bond acceptors (Lipinski definition) is 0. The molecule has 14 heavy (non-hydrogen) atoms. The second kappa shape index (κ2) is 6.93. The normalized spacial score (nSPS) is 8.29. The third-order valence-electron chi connectivity index (χ3n) is 1.88. The summed E-state index contributed by atoms with van der Waals surface area (Å²) in [6, 6.07) is 20.8. The maximum Gasteiger partial charge on any atom is 1.00 e. The van der Waals surface area contributed by atoms with E-state index in [2.05, 4.69) is 48.5 Å². The Hall–Kier alpha value is -0.443. The summed E-state index contributed by atoms with van der Waals surface area (Å²) in [5.41, 5.74) is 2.55. The Morgan fingerprint density at radius 1 is 0.500 bits per heavy atom. The van der Waals surface area contributed by atoms with E-state index in [-0.39, 0.29) is 35.9 Å². The quantitative estimate of drug-likeness (QED) is 0.614. The molecule has 0 bridgehead atoms. The van der Waals surface area contributed by atoms with Gasteiger partial charge in [-0.3, -0.25) is 0 Å². The molecule has 0 nitrogen and oxygen atoms in total. The molecule has 0 saturated heterocycles. The van der Waals surface area contributed by atoms with Crippen molar-refractivity contribution in [3.05, 3.63) is 60.7 Å².